The van der Waals surface area contributed by atoms with Crippen molar-refractivity contribution in [1.82, 2.24) is 5.32 Å². The van der Waals surface area contributed by atoms with E-state index in [0.717, 1.165) is 5.04 Å². The van der Waals surface area contributed by atoms with Crippen LogP contribution in [0.5, 0.6) is 0 Å². The zero-order valence-electron chi connectivity index (χ0n) is 18.8. The Labute approximate surface area is 198 Å². The zero-order chi connectivity index (χ0) is 23.4. The summed E-state index contributed by atoms with van der Waals surface area (Å²) in [6, 6.07) is 15.6. The topological polar surface area (TPSA) is 77.0 Å². The second-order valence-corrected chi connectivity index (χ2v) is 9.44. The zero-order valence-corrected chi connectivity index (χ0v) is 19.6. The summed E-state index contributed by atoms with van der Waals surface area (Å²) in [6.07, 6.45) is 1.04. The molecule has 2 atom stereocenters. The molecule has 172 valence electrons. The van der Waals surface area contributed by atoms with E-state index in [0.29, 0.717) is 5.75 Å². The predicted molar refractivity (Wildman–Crippen MR) is 132 cm³/mol. The minimum atomic E-state index is -0.560. The Morgan fingerprint density at radius 2 is 1.76 bits per heavy atom. The van der Waals surface area contributed by atoms with Crippen molar-refractivity contribution in [1.29, 1.82) is 0 Å². The van der Waals surface area contributed by atoms with Gasteiger partial charge in [0, 0.05) is 11.7 Å². The van der Waals surface area contributed by atoms with Crippen LogP contribution in [0.1, 0.15) is 30.9 Å². The maximum Gasteiger partial charge on any atom is 0.407 e. The first-order chi connectivity index (χ1) is 16.0. The number of benzene rings is 2. The minimum Gasteiger partial charge on any atom is -0.460 e. The first-order valence-corrected chi connectivity index (χ1v) is 12.1. The van der Waals surface area contributed by atoms with E-state index in [1.54, 1.807) is 0 Å². The number of fused-ring (bicyclic) bond motifs is 3. The summed E-state index contributed by atoms with van der Waals surface area (Å²) < 4.78 is 10.8. The SMILES string of the molecule is C=CCOC(=O)[C@@H]1CSC([C@@H](NC(=O)OCC2c3ccccc3-c3ccccc32)C(C)C)=N1. The van der Waals surface area contributed by atoms with Gasteiger partial charge in [-0.15, -0.1) is 11.8 Å². The fraction of sp³-hybridized carbons (Fsp3) is 0.346. The second-order valence-electron chi connectivity index (χ2n) is 8.40. The smallest absolute Gasteiger partial charge is 0.407 e. The van der Waals surface area contributed by atoms with Crippen LogP contribution in [0.2, 0.25) is 0 Å². The molecule has 7 heteroatoms. The van der Waals surface area contributed by atoms with Crippen molar-refractivity contribution in [2.45, 2.75) is 31.8 Å². The molecule has 1 amide bonds. The molecule has 4 rings (SSSR count). The van der Waals surface area contributed by atoms with Gasteiger partial charge < -0.3 is 14.8 Å². The number of aliphatic imine (C=N–C) groups is 1. The van der Waals surface area contributed by atoms with Crippen molar-refractivity contribution < 1.29 is 19.1 Å². The predicted octanol–water partition coefficient (Wildman–Crippen LogP) is 4.79. The number of hydrogen-bond acceptors (Lipinski definition) is 6. The number of carbonyl (C=O) groups excluding carboxylic acids is 2. The minimum absolute atomic E-state index is 0.00265. The molecule has 0 fully saturated rings. The van der Waals surface area contributed by atoms with Gasteiger partial charge in [-0.05, 0) is 28.2 Å². The normalized spacial score (nSPS) is 17.7. The molecular weight excluding hydrogens is 436 g/mol. The molecule has 0 unspecified atom stereocenters. The molecule has 0 saturated carbocycles. The lowest BCUT2D eigenvalue weighted by molar-refractivity contribution is -0.143. The number of rotatable bonds is 8. The van der Waals surface area contributed by atoms with Gasteiger partial charge in [0.2, 0.25) is 0 Å². The number of carbonyl (C=O) groups is 2. The van der Waals surface area contributed by atoms with E-state index in [-0.39, 0.29) is 37.1 Å². The number of nitrogens with zero attached hydrogens (tertiary/aromatic N) is 1. The molecular formula is C26H28N2O4S. The third kappa shape index (κ3) is 4.98. The number of thioether (sulfide) groups is 1. The lowest BCUT2D eigenvalue weighted by Crippen LogP contribution is -2.43. The van der Waals surface area contributed by atoms with Crippen molar-refractivity contribution in [2.75, 3.05) is 19.0 Å². The van der Waals surface area contributed by atoms with Gasteiger partial charge in [-0.1, -0.05) is 75.0 Å². The van der Waals surface area contributed by atoms with E-state index in [1.165, 1.54) is 40.1 Å². The Bertz CT molecular complexity index is 1040. The van der Waals surface area contributed by atoms with E-state index >= 15 is 0 Å². The van der Waals surface area contributed by atoms with Gasteiger partial charge in [-0.3, -0.25) is 4.99 Å². The van der Waals surface area contributed by atoms with Crippen molar-refractivity contribution >= 4 is 28.9 Å². The summed E-state index contributed by atoms with van der Waals surface area (Å²) in [5.41, 5.74) is 4.72. The monoisotopic (exact) mass is 464 g/mol. The molecule has 0 saturated heterocycles. The summed E-state index contributed by atoms with van der Waals surface area (Å²) in [5.74, 6) is 0.213. The number of ether oxygens (including phenoxy) is 2. The van der Waals surface area contributed by atoms with Gasteiger partial charge in [-0.25, -0.2) is 9.59 Å². The Morgan fingerprint density at radius 3 is 2.36 bits per heavy atom. The van der Waals surface area contributed by atoms with Gasteiger partial charge in [0.15, 0.2) is 6.04 Å². The molecule has 1 aliphatic heterocycles. The van der Waals surface area contributed by atoms with E-state index < -0.39 is 12.1 Å². The lowest BCUT2D eigenvalue weighted by Gasteiger charge is -2.22. The first kappa shape index (κ1) is 23.1. The van der Waals surface area contributed by atoms with Crippen molar-refractivity contribution in [3.05, 3.63) is 72.3 Å². The van der Waals surface area contributed by atoms with Crippen LogP contribution >= 0.6 is 11.8 Å². The second kappa shape index (κ2) is 10.3. The Morgan fingerprint density at radius 1 is 1.12 bits per heavy atom. The van der Waals surface area contributed by atoms with Crippen LogP contribution in [-0.2, 0) is 14.3 Å². The van der Waals surface area contributed by atoms with Crippen LogP contribution in [0.3, 0.4) is 0 Å². The average Bonchev–Trinajstić information content (AvgIpc) is 3.43. The standard InChI is InChI=1S/C26H28N2O4S/c1-4-13-31-25(29)22-15-33-24(27-22)23(16(2)3)28-26(30)32-14-21-19-11-7-5-9-17(19)18-10-6-8-12-20(18)21/h4-12,16,21-23H,1,13-15H2,2-3H3,(H,28,30)/t22-,23-/m0/s1. The Kier molecular flexibility index (Phi) is 7.18. The summed E-state index contributed by atoms with van der Waals surface area (Å²) in [4.78, 5) is 29.4. The summed E-state index contributed by atoms with van der Waals surface area (Å²) in [7, 11) is 0. The van der Waals surface area contributed by atoms with E-state index in [1.807, 2.05) is 38.1 Å². The molecule has 1 N–H and O–H groups in total. The maximum atomic E-state index is 12.8. The van der Waals surface area contributed by atoms with Crippen LogP contribution < -0.4 is 5.32 Å². The van der Waals surface area contributed by atoms with E-state index in [9.17, 15) is 9.59 Å². The molecule has 33 heavy (non-hydrogen) atoms. The molecule has 2 aromatic rings. The Balaban J connectivity index is 1.41. The molecule has 1 heterocycles. The summed E-state index contributed by atoms with van der Waals surface area (Å²) in [5, 5.41) is 3.67. The highest BCUT2D eigenvalue weighted by Crippen LogP contribution is 2.44. The molecule has 0 radical (unpaired) electrons. The van der Waals surface area contributed by atoms with Crippen molar-refractivity contribution in [2.24, 2.45) is 10.9 Å². The molecule has 0 bridgehead atoms. The Hall–Kier alpha value is -3.06. The number of hydrogen-bond donors (Lipinski definition) is 1. The third-order valence-corrected chi connectivity index (χ3v) is 6.97. The van der Waals surface area contributed by atoms with E-state index in [2.05, 4.69) is 41.2 Å². The summed E-state index contributed by atoms with van der Waals surface area (Å²) >= 11 is 1.47. The number of esters is 1. The van der Waals surface area contributed by atoms with Crippen LogP contribution in [0, 0.1) is 5.92 Å². The fourth-order valence-electron chi connectivity index (χ4n) is 4.20. The first-order valence-electron chi connectivity index (χ1n) is 11.1. The molecule has 1 aliphatic carbocycles. The van der Waals surface area contributed by atoms with Gasteiger partial charge >= 0.3 is 12.1 Å². The van der Waals surface area contributed by atoms with Crippen molar-refractivity contribution in [3.63, 3.8) is 0 Å². The van der Waals surface area contributed by atoms with Crippen LogP contribution in [0.4, 0.5) is 4.79 Å². The third-order valence-electron chi connectivity index (χ3n) is 5.84. The lowest BCUT2D eigenvalue weighted by atomic mass is 9.98. The number of alkyl carbamates (subject to hydrolysis) is 1. The molecule has 6 nitrogen and oxygen atoms in total. The molecule has 0 aromatic heterocycles. The summed E-state index contributed by atoms with van der Waals surface area (Å²) in [6.45, 7) is 7.97. The van der Waals surface area contributed by atoms with E-state index in [4.69, 9.17) is 9.47 Å². The largest absolute Gasteiger partial charge is 0.460 e. The molecule has 0 spiro atoms. The highest BCUT2D eigenvalue weighted by atomic mass is 32.2. The highest BCUT2D eigenvalue weighted by Gasteiger charge is 2.33. The maximum absolute atomic E-state index is 12.8. The average molecular weight is 465 g/mol. The van der Waals surface area contributed by atoms with Gasteiger partial charge in [0.1, 0.15) is 13.2 Å². The van der Waals surface area contributed by atoms with Crippen LogP contribution in [0.15, 0.2) is 66.2 Å². The van der Waals surface area contributed by atoms with Crippen LogP contribution in [0.25, 0.3) is 11.1 Å². The number of amides is 1. The fourth-order valence-corrected chi connectivity index (χ4v) is 5.45. The van der Waals surface area contributed by atoms with Gasteiger partial charge in [-0.2, -0.15) is 0 Å². The molecule has 2 aliphatic rings. The molecule has 2 aromatic carbocycles. The van der Waals surface area contributed by atoms with Crippen LogP contribution in [-0.4, -0.2) is 48.2 Å². The number of nitrogens with one attached hydrogen (secondary N) is 1. The van der Waals surface area contributed by atoms with Gasteiger partial charge in [0.25, 0.3) is 0 Å². The van der Waals surface area contributed by atoms with Gasteiger partial charge in [0.05, 0.1) is 11.1 Å². The highest BCUT2D eigenvalue weighted by molar-refractivity contribution is 8.14. The quantitative estimate of drug-likeness (QED) is 0.449. The van der Waals surface area contributed by atoms with Crippen molar-refractivity contribution in [3.8, 4) is 11.1 Å².